The van der Waals surface area contributed by atoms with Crippen LogP contribution in [0.1, 0.15) is 28.5 Å². The summed E-state index contributed by atoms with van der Waals surface area (Å²) in [5.41, 5.74) is 1.56. The maximum atomic E-state index is 11.1. The van der Waals surface area contributed by atoms with Crippen LogP contribution in [0.2, 0.25) is 0 Å². The van der Waals surface area contributed by atoms with Gasteiger partial charge in [-0.25, -0.2) is 0 Å². The van der Waals surface area contributed by atoms with Gasteiger partial charge in [0, 0.05) is 11.3 Å². The summed E-state index contributed by atoms with van der Waals surface area (Å²) < 4.78 is 0.380. The number of aromatic amines is 1. The van der Waals surface area contributed by atoms with E-state index in [0.29, 0.717) is 21.5 Å². The van der Waals surface area contributed by atoms with Crippen LogP contribution >= 0.6 is 12.2 Å². The average Bonchev–Trinajstić information content (AvgIpc) is 2.03. The number of nitriles is 1. The van der Waals surface area contributed by atoms with Gasteiger partial charge in [0.25, 0.3) is 0 Å². The number of H-pyrrole nitrogens is 1. The van der Waals surface area contributed by atoms with E-state index in [2.05, 4.69) is 4.98 Å². The van der Waals surface area contributed by atoms with E-state index in [9.17, 15) is 4.79 Å². The first-order chi connectivity index (χ1) is 6.06. The highest BCUT2D eigenvalue weighted by Gasteiger charge is 2.06. The Kier molecular flexibility index (Phi) is 2.59. The molecule has 0 amide bonds. The lowest BCUT2D eigenvalue weighted by Crippen LogP contribution is -2.00. The number of carbonyl (C=O) groups excluding carboxylic acids is 1. The van der Waals surface area contributed by atoms with Gasteiger partial charge in [-0.3, -0.25) is 4.79 Å². The van der Waals surface area contributed by atoms with Crippen molar-refractivity contribution in [2.75, 3.05) is 0 Å². The normalized spacial score (nSPS) is 9.31. The number of pyridine rings is 1. The molecular weight excluding hydrogens is 184 g/mol. The quantitative estimate of drug-likeness (QED) is 0.547. The molecule has 0 aliphatic heterocycles. The molecule has 0 bridgehead atoms. The summed E-state index contributed by atoms with van der Waals surface area (Å²) >= 11 is 4.90. The number of nitrogens with one attached hydrogen (secondary N) is 1. The van der Waals surface area contributed by atoms with Crippen LogP contribution in [0.4, 0.5) is 0 Å². The summed E-state index contributed by atoms with van der Waals surface area (Å²) in [6, 6.07) is 3.45. The third-order valence-corrected chi connectivity index (χ3v) is 2.06. The molecule has 0 aromatic carbocycles. The maximum Gasteiger partial charge on any atom is 0.161 e. The average molecular weight is 192 g/mol. The molecule has 1 aromatic rings. The van der Waals surface area contributed by atoms with Crippen molar-refractivity contribution in [2.45, 2.75) is 13.8 Å². The van der Waals surface area contributed by atoms with Crippen LogP contribution in [0.5, 0.6) is 0 Å². The van der Waals surface area contributed by atoms with Crippen LogP contribution in [0, 0.1) is 22.9 Å². The number of hydrogen-bond donors (Lipinski definition) is 1. The van der Waals surface area contributed by atoms with Gasteiger partial charge >= 0.3 is 0 Å². The minimum absolute atomic E-state index is 0.0692. The van der Waals surface area contributed by atoms with Gasteiger partial charge in [0.1, 0.15) is 10.7 Å². The highest BCUT2D eigenvalue weighted by Crippen LogP contribution is 2.09. The lowest BCUT2D eigenvalue weighted by atomic mass is 10.1. The number of ketones is 1. The first kappa shape index (κ1) is 9.62. The molecule has 1 aromatic heterocycles. The molecule has 0 aliphatic rings. The summed E-state index contributed by atoms with van der Waals surface area (Å²) in [6.45, 7) is 3.22. The Balaban J connectivity index is 3.51. The molecule has 0 spiro atoms. The summed E-state index contributed by atoms with van der Waals surface area (Å²) in [5, 5.41) is 8.67. The fraction of sp³-hybridized carbons (Fsp3) is 0.222. The number of nitrogens with zero attached hydrogens (tertiary/aromatic N) is 1. The minimum atomic E-state index is -0.0692. The van der Waals surface area contributed by atoms with Gasteiger partial charge < -0.3 is 4.98 Å². The van der Waals surface area contributed by atoms with Gasteiger partial charge in [-0.1, -0.05) is 12.2 Å². The molecule has 66 valence electrons. The van der Waals surface area contributed by atoms with Crippen LogP contribution in [0.15, 0.2) is 6.07 Å². The van der Waals surface area contributed by atoms with Crippen LogP contribution in [-0.4, -0.2) is 10.8 Å². The highest BCUT2D eigenvalue weighted by atomic mass is 32.1. The zero-order valence-electron chi connectivity index (χ0n) is 7.34. The van der Waals surface area contributed by atoms with Gasteiger partial charge in [0.2, 0.25) is 0 Å². The van der Waals surface area contributed by atoms with Crippen molar-refractivity contribution in [1.29, 1.82) is 5.26 Å². The number of aromatic nitrogens is 1. The second-order valence-corrected chi connectivity index (χ2v) is 3.13. The molecule has 0 radical (unpaired) electrons. The van der Waals surface area contributed by atoms with E-state index in [1.165, 1.54) is 13.0 Å². The summed E-state index contributed by atoms with van der Waals surface area (Å²) in [6.07, 6.45) is 0. The van der Waals surface area contributed by atoms with Crippen LogP contribution in [0.3, 0.4) is 0 Å². The van der Waals surface area contributed by atoms with E-state index in [0.717, 1.165) is 0 Å². The van der Waals surface area contributed by atoms with Crippen molar-refractivity contribution in [3.8, 4) is 6.07 Å². The van der Waals surface area contributed by atoms with E-state index in [-0.39, 0.29) is 5.78 Å². The smallest absolute Gasteiger partial charge is 0.161 e. The number of aryl methyl sites for hydroxylation is 1. The molecule has 0 atom stereocenters. The SMILES string of the molecule is CC(=O)c1cc(C#N)c(=S)[nH]c1C. The zero-order valence-corrected chi connectivity index (χ0v) is 8.16. The molecule has 0 unspecified atom stereocenters. The zero-order chi connectivity index (χ0) is 10.0. The Morgan fingerprint density at radius 1 is 1.69 bits per heavy atom. The van der Waals surface area contributed by atoms with Gasteiger partial charge in [-0.05, 0) is 19.9 Å². The topological polar surface area (TPSA) is 56.6 Å². The monoisotopic (exact) mass is 192 g/mol. The molecule has 1 N–H and O–H groups in total. The lowest BCUT2D eigenvalue weighted by Gasteiger charge is -2.01. The van der Waals surface area contributed by atoms with Gasteiger partial charge in [0.15, 0.2) is 5.78 Å². The number of hydrogen-bond acceptors (Lipinski definition) is 3. The van der Waals surface area contributed by atoms with Crippen molar-refractivity contribution in [1.82, 2.24) is 4.98 Å². The number of Topliss-reactive ketones (excluding diaryl/α,β-unsaturated/α-hetero) is 1. The molecule has 1 heterocycles. The summed E-state index contributed by atoms with van der Waals surface area (Å²) in [4.78, 5) is 13.9. The van der Waals surface area contributed by atoms with Crippen molar-refractivity contribution in [3.05, 3.63) is 27.5 Å². The molecule has 0 saturated heterocycles. The second kappa shape index (κ2) is 3.50. The minimum Gasteiger partial charge on any atom is -0.349 e. The molecule has 1 rings (SSSR count). The number of carbonyl (C=O) groups is 1. The third kappa shape index (κ3) is 1.82. The Morgan fingerprint density at radius 3 is 2.77 bits per heavy atom. The van der Waals surface area contributed by atoms with Crippen molar-refractivity contribution < 1.29 is 4.79 Å². The molecule has 0 fully saturated rings. The van der Waals surface area contributed by atoms with E-state index in [1.807, 2.05) is 6.07 Å². The standard InChI is InChI=1S/C9H8N2OS/c1-5-8(6(2)12)3-7(4-10)9(13)11-5/h3H,1-2H3,(H,11,13). The van der Waals surface area contributed by atoms with Crippen LogP contribution in [-0.2, 0) is 0 Å². The first-order valence-electron chi connectivity index (χ1n) is 3.71. The second-order valence-electron chi connectivity index (χ2n) is 2.72. The van der Waals surface area contributed by atoms with Gasteiger partial charge in [-0.15, -0.1) is 0 Å². The predicted octanol–water partition coefficient (Wildman–Crippen LogP) is 2.13. The molecule has 4 heteroatoms. The molecular formula is C9H8N2OS. The van der Waals surface area contributed by atoms with Gasteiger partial charge in [0.05, 0.1) is 5.56 Å². The van der Waals surface area contributed by atoms with Gasteiger partial charge in [-0.2, -0.15) is 5.26 Å². The Morgan fingerprint density at radius 2 is 2.31 bits per heavy atom. The lowest BCUT2D eigenvalue weighted by molar-refractivity contribution is 0.101. The summed E-state index contributed by atoms with van der Waals surface area (Å²) in [5.74, 6) is -0.0692. The third-order valence-electron chi connectivity index (χ3n) is 1.74. The van der Waals surface area contributed by atoms with E-state index >= 15 is 0 Å². The fourth-order valence-electron chi connectivity index (χ4n) is 1.07. The van der Waals surface area contributed by atoms with Crippen molar-refractivity contribution in [3.63, 3.8) is 0 Å². The molecule has 3 nitrogen and oxygen atoms in total. The van der Waals surface area contributed by atoms with E-state index in [4.69, 9.17) is 17.5 Å². The van der Waals surface area contributed by atoms with E-state index < -0.39 is 0 Å². The Bertz CT molecular complexity index is 454. The fourth-order valence-corrected chi connectivity index (χ4v) is 1.33. The predicted molar refractivity (Wildman–Crippen MR) is 51.1 cm³/mol. The first-order valence-corrected chi connectivity index (χ1v) is 4.12. The summed E-state index contributed by atoms with van der Waals surface area (Å²) in [7, 11) is 0. The largest absolute Gasteiger partial charge is 0.349 e. The Labute approximate surface area is 81.0 Å². The molecule has 0 aliphatic carbocycles. The maximum absolute atomic E-state index is 11.1. The Hall–Kier alpha value is -1.47. The molecule has 13 heavy (non-hydrogen) atoms. The van der Waals surface area contributed by atoms with Crippen molar-refractivity contribution in [2.24, 2.45) is 0 Å². The molecule has 0 saturated carbocycles. The highest BCUT2D eigenvalue weighted by molar-refractivity contribution is 7.71. The van der Waals surface area contributed by atoms with Crippen molar-refractivity contribution >= 4 is 18.0 Å². The van der Waals surface area contributed by atoms with E-state index in [1.54, 1.807) is 6.92 Å². The van der Waals surface area contributed by atoms with Crippen LogP contribution < -0.4 is 0 Å². The van der Waals surface area contributed by atoms with Crippen LogP contribution in [0.25, 0.3) is 0 Å². The number of rotatable bonds is 1.